The zero-order chi connectivity index (χ0) is 13.7. The van der Waals surface area contributed by atoms with Gasteiger partial charge in [-0.25, -0.2) is 9.48 Å². The van der Waals surface area contributed by atoms with E-state index < -0.39 is 24.0 Å². The average Bonchev–Trinajstić information content (AvgIpc) is 2.70. The number of aromatic nitrogens is 2. The summed E-state index contributed by atoms with van der Waals surface area (Å²) in [6, 6.07) is 1.40. The smallest absolute Gasteiger partial charge is 0.375 e. The van der Waals surface area contributed by atoms with Crippen molar-refractivity contribution in [2.75, 3.05) is 13.7 Å². The number of hydrogen-bond acceptors (Lipinski definition) is 6. The molecule has 0 radical (unpaired) electrons. The molecule has 1 rings (SSSR count). The van der Waals surface area contributed by atoms with Crippen molar-refractivity contribution in [1.29, 1.82) is 0 Å². The minimum absolute atomic E-state index is 0.0759. The molecule has 1 aromatic rings. The Morgan fingerprint density at radius 2 is 2.06 bits per heavy atom. The molecule has 0 bridgehead atoms. The summed E-state index contributed by atoms with van der Waals surface area (Å²) in [4.78, 5) is 34.1. The Labute approximate surface area is 104 Å². The van der Waals surface area contributed by atoms with Crippen LogP contribution in [-0.2, 0) is 21.4 Å². The van der Waals surface area contributed by atoms with Crippen LogP contribution in [0.2, 0.25) is 0 Å². The van der Waals surface area contributed by atoms with Crippen LogP contribution in [0, 0.1) is 0 Å². The van der Waals surface area contributed by atoms with Crippen LogP contribution < -0.4 is 4.74 Å². The largest absolute Gasteiger partial charge is 0.481 e. The van der Waals surface area contributed by atoms with Crippen molar-refractivity contribution >= 4 is 17.5 Å². The van der Waals surface area contributed by atoms with Gasteiger partial charge in [-0.15, -0.1) is 0 Å². The van der Waals surface area contributed by atoms with Crippen LogP contribution >= 0.6 is 0 Å². The van der Waals surface area contributed by atoms with Crippen LogP contribution in [-0.4, -0.2) is 41.0 Å². The average molecular weight is 254 g/mol. The highest BCUT2D eigenvalue weighted by Gasteiger charge is 2.22. The molecule has 1 aromatic heterocycles. The van der Waals surface area contributed by atoms with Crippen LogP contribution in [0.25, 0.3) is 0 Å². The van der Waals surface area contributed by atoms with Gasteiger partial charge < -0.3 is 9.47 Å². The van der Waals surface area contributed by atoms with E-state index in [9.17, 15) is 14.4 Å². The lowest BCUT2D eigenvalue weighted by molar-refractivity contribution is -0.153. The second-order valence-electron chi connectivity index (χ2n) is 3.44. The monoisotopic (exact) mass is 254 g/mol. The molecule has 0 aliphatic rings. The second kappa shape index (κ2) is 5.95. The normalized spacial score (nSPS) is 9.94. The van der Waals surface area contributed by atoms with Crippen LogP contribution in [0.1, 0.15) is 23.8 Å². The number of carbonyl (C=O) groups is 3. The zero-order valence-corrected chi connectivity index (χ0v) is 10.4. The van der Waals surface area contributed by atoms with E-state index >= 15 is 0 Å². The molecule has 0 aliphatic carbocycles. The number of ether oxygens (including phenoxy) is 2. The molecule has 1 heterocycles. The van der Waals surface area contributed by atoms with Gasteiger partial charge in [0, 0.05) is 13.1 Å². The highest BCUT2D eigenvalue weighted by atomic mass is 16.5. The molecule has 0 spiro atoms. The molecule has 0 unspecified atom stereocenters. The molecule has 0 aliphatic heterocycles. The summed E-state index contributed by atoms with van der Waals surface area (Å²) in [6.45, 7) is 1.67. The van der Waals surface area contributed by atoms with Crippen molar-refractivity contribution in [3.8, 4) is 5.88 Å². The van der Waals surface area contributed by atoms with Crippen LogP contribution in [0.5, 0.6) is 5.88 Å². The predicted octanol–water partition coefficient (Wildman–Crippen LogP) is 0.134. The SMILES string of the molecule is CCOC(=O)C(=O)CC(=O)c1cc(OC)n(C)n1. The zero-order valence-electron chi connectivity index (χ0n) is 10.4. The van der Waals surface area contributed by atoms with E-state index in [1.807, 2.05) is 0 Å². The first-order chi connectivity index (χ1) is 8.49. The first-order valence-electron chi connectivity index (χ1n) is 5.30. The summed E-state index contributed by atoms with van der Waals surface area (Å²) in [7, 11) is 3.04. The molecule has 0 N–H and O–H groups in total. The summed E-state index contributed by atoms with van der Waals surface area (Å²) in [5.41, 5.74) is 0.0759. The first-order valence-corrected chi connectivity index (χ1v) is 5.30. The van der Waals surface area contributed by atoms with E-state index in [-0.39, 0.29) is 12.3 Å². The fourth-order valence-corrected chi connectivity index (χ4v) is 1.30. The number of carbonyl (C=O) groups excluding carboxylic acids is 3. The van der Waals surface area contributed by atoms with Gasteiger partial charge in [-0.2, -0.15) is 5.10 Å². The highest BCUT2D eigenvalue weighted by molar-refractivity contribution is 6.38. The third kappa shape index (κ3) is 3.16. The molecule has 0 saturated carbocycles. The molecular weight excluding hydrogens is 240 g/mol. The lowest BCUT2D eigenvalue weighted by Gasteiger charge is -1.98. The molecule has 7 nitrogen and oxygen atoms in total. The van der Waals surface area contributed by atoms with Crippen LogP contribution in [0.3, 0.4) is 0 Å². The highest BCUT2D eigenvalue weighted by Crippen LogP contribution is 2.12. The number of rotatable bonds is 6. The van der Waals surface area contributed by atoms with Crippen LogP contribution in [0.15, 0.2) is 6.07 Å². The molecule has 0 amide bonds. The fourth-order valence-electron chi connectivity index (χ4n) is 1.30. The fraction of sp³-hybridized carbons (Fsp3) is 0.455. The number of Topliss-reactive ketones (excluding diaryl/α,β-unsaturated/α-hetero) is 2. The van der Waals surface area contributed by atoms with Crippen molar-refractivity contribution in [1.82, 2.24) is 9.78 Å². The van der Waals surface area contributed by atoms with Crippen LogP contribution in [0.4, 0.5) is 0 Å². The maximum absolute atomic E-state index is 11.7. The number of ketones is 2. The number of aryl methyl sites for hydroxylation is 1. The molecule has 18 heavy (non-hydrogen) atoms. The van der Waals surface area contributed by atoms with Crippen molar-refractivity contribution in [2.24, 2.45) is 7.05 Å². The van der Waals surface area contributed by atoms with Gasteiger partial charge in [0.15, 0.2) is 5.78 Å². The lowest BCUT2D eigenvalue weighted by Crippen LogP contribution is -2.20. The van der Waals surface area contributed by atoms with E-state index in [4.69, 9.17) is 4.74 Å². The standard InChI is InChI=1S/C11H14N2O5/c1-4-18-11(16)9(15)6-8(14)7-5-10(17-3)13(2)12-7/h5H,4,6H2,1-3H3. The first kappa shape index (κ1) is 13.9. The minimum Gasteiger partial charge on any atom is -0.481 e. The molecular formula is C11H14N2O5. The Kier molecular flexibility index (Phi) is 4.59. The molecule has 98 valence electrons. The van der Waals surface area contributed by atoms with Crippen molar-refractivity contribution < 1.29 is 23.9 Å². The number of hydrogen-bond donors (Lipinski definition) is 0. The summed E-state index contributed by atoms with van der Waals surface area (Å²) < 4.78 is 10.8. The van der Waals surface area contributed by atoms with Crippen molar-refractivity contribution in [3.05, 3.63) is 11.8 Å². The Balaban J connectivity index is 2.70. The quantitative estimate of drug-likeness (QED) is 0.310. The Morgan fingerprint density at radius 1 is 1.39 bits per heavy atom. The summed E-state index contributed by atoms with van der Waals surface area (Å²) in [5, 5.41) is 3.88. The maximum atomic E-state index is 11.7. The molecule has 0 atom stereocenters. The van der Waals surface area contributed by atoms with Gasteiger partial charge in [0.2, 0.25) is 11.7 Å². The molecule has 0 aromatic carbocycles. The van der Waals surface area contributed by atoms with Gasteiger partial charge in [-0.05, 0) is 6.92 Å². The van der Waals surface area contributed by atoms with Crippen molar-refractivity contribution in [3.63, 3.8) is 0 Å². The van der Waals surface area contributed by atoms with Gasteiger partial charge in [-0.1, -0.05) is 0 Å². The number of nitrogens with zero attached hydrogens (tertiary/aromatic N) is 2. The number of methoxy groups -OCH3 is 1. The van der Waals surface area contributed by atoms with Gasteiger partial charge in [0.1, 0.15) is 5.69 Å². The molecule has 0 saturated heterocycles. The Morgan fingerprint density at radius 3 is 2.56 bits per heavy atom. The van der Waals surface area contributed by atoms with E-state index in [2.05, 4.69) is 9.84 Å². The predicted molar refractivity (Wildman–Crippen MR) is 60.3 cm³/mol. The van der Waals surface area contributed by atoms with E-state index in [1.54, 1.807) is 14.0 Å². The topological polar surface area (TPSA) is 87.5 Å². The van der Waals surface area contributed by atoms with Crippen molar-refractivity contribution in [2.45, 2.75) is 13.3 Å². The van der Waals surface area contributed by atoms with E-state index in [0.29, 0.717) is 5.88 Å². The summed E-state index contributed by atoms with van der Waals surface area (Å²) >= 11 is 0. The van der Waals surface area contributed by atoms with E-state index in [0.717, 1.165) is 0 Å². The molecule has 0 fully saturated rings. The Bertz CT molecular complexity index is 478. The van der Waals surface area contributed by atoms with Gasteiger partial charge in [0.05, 0.1) is 20.1 Å². The van der Waals surface area contributed by atoms with Gasteiger partial charge in [-0.3, -0.25) is 9.59 Å². The molecule has 7 heteroatoms. The third-order valence-electron chi connectivity index (χ3n) is 2.16. The third-order valence-corrected chi connectivity index (χ3v) is 2.16. The summed E-state index contributed by atoms with van der Waals surface area (Å²) in [6.07, 6.45) is -0.557. The minimum atomic E-state index is -1.01. The van der Waals surface area contributed by atoms with Gasteiger partial charge >= 0.3 is 5.97 Å². The maximum Gasteiger partial charge on any atom is 0.375 e. The number of esters is 1. The summed E-state index contributed by atoms with van der Waals surface area (Å²) in [5.74, 6) is -2.05. The Hall–Kier alpha value is -2.18. The lowest BCUT2D eigenvalue weighted by atomic mass is 10.1. The second-order valence-corrected chi connectivity index (χ2v) is 3.44. The van der Waals surface area contributed by atoms with E-state index in [1.165, 1.54) is 17.9 Å². The van der Waals surface area contributed by atoms with Gasteiger partial charge in [0.25, 0.3) is 0 Å².